The number of ether oxygens (including phenoxy) is 1. The monoisotopic (exact) mass is 554 g/mol. The van der Waals surface area contributed by atoms with Crippen LogP contribution in [0.25, 0.3) is 0 Å². The normalized spacial score (nSPS) is 14.1. The molecule has 8 nitrogen and oxygen atoms in total. The van der Waals surface area contributed by atoms with Crippen LogP contribution in [0.1, 0.15) is 41.0 Å². The third kappa shape index (κ3) is 6.64. The van der Waals surface area contributed by atoms with Crippen molar-refractivity contribution in [3.8, 4) is 5.75 Å². The Morgan fingerprint density at radius 1 is 1.03 bits per heavy atom. The summed E-state index contributed by atoms with van der Waals surface area (Å²) in [6.07, 6.45) is 3.17. The first-order valence-electron chi connectivity index (χ1n) is 12.6. The van der Waals surface area contributed by atoms with E-state index in [0.29, 0.717) is 18.8 Å². The fourth-order valence-corrected chi connectivity index (χ4v) is 4.94. The molecule has 0 unspecified atom stereocenters. The molecule has 1 amide bonds. The first-order valence-corrected chi connectivity index (χ1v) is 13.4. The molecule has 0 saturated carbocycles. The molecule has 0 atom stereocenters. The molecule has 1 saturated heterocycles. The quantitative estimate of drug-likeness (QED) is 0.359. The van der Waals surface area contributed by atoms with E-state index in [0.717, 1.165) is 73.5 Å². The van der Waals surface area contributed by atoms with Gasteiger partial charge in [0.05, 0.1) is 25.0 Å². The van der Waals surface area contributed by atoms with Gasteiger partial charge in [-0.3, -0.25) is 9.69 Å². The van der Waals surface area contributed by atoms with Crippen molar-refractivity contribution in [1.82, 2.24) is 25.2 Å². The number of halogens is 1. The van der Waals surface area contributed by atoms with Gasteiger partial charge in [0.15, 0.2) is 5.69 Å². The van der Waals surface area contributed by atoms with Gasteiger partial charge in [-0.2, -0.15) is 0 Å². The lowest BCUT2D eigenvalue weighted by Gasteiger charge is -2.36. The maximum Gasteiger partial charge on any atom is 0.273 e. The van der Waals surface area contributed by atoms with Gasteiger partial charge >= 0.3 is 0 Å². The zero-order valence-electron chi connectivity index (χ0n) is 21.1. The summed E-state index contributed by atoms with van der Waals surface area (Å²) in [4.78, 5) is 17.5. The molecule has 1 aliphatic rings. The third-order valence-corrected chi connectivity index (χ3v) is 7.48. The number of carbonyl (C=O) groups is 1. The third-order valence-electron chi connectivity index (χ3n) is 6.71. The molecule has 2 heterocycles. The van der Waals surface area contributed by atoms with Gasteiger partial charge in [-0.05, 0) is 50.1 Å². The van der Waals surface area contributed by atoms with Crippen LogP contribution in [0.4, 0.5) is 5.69 Å². The van der Waals surface area contributed by atoms with Crippen LogP contribution in [0.15, 0.2) is 53.0 Å². The summed E-state index contributed by atoms with van der Waals surface area (Å²) in [6.45, 7) is 8.34. The number of para-hydroxylation sites is 2. The number of hydrogen-bond donors (Lipinski definition) is 1. The lowest BCUT2D eigenvalue weighted by molar-refractivity contribution is 0.0947. The van der Waals surface area contributed by atoms with Crippen LogP contribution in [0, 0.1) is 6.92 Å². The molecule has 0 bridgehead atoms. The van der Waals surface area contributed by atoms with Crippen molar-refractivity contribution < 1.29 is 9.53 Å². The molecule has 0 spiro atoms. The second kappa shape index (κ2) is 12.9. The van der Waals surface area contributed by atoms with E-state index in [4.69, 9.17) is 4.74 Å². The van der Waals surface area contributed by atoms with Gasteiger partial charge in [0.2, 0.25) is 0 Å². The number of hydrogen-bond acceptors (Lipinski definition) is 6. The summed E-state index contributed by atoms with van der Waals surface area (Å²) in [5, 5.41) is 11.3. The van der Waals surface area contributed by atoms with Crippen LogP contribution in [0.3, 0.4) is 0 Å². The number of rotatable bonds is 11. The summed E-state index contributed by atoms with van der Waals surface area (Å²) in [7, 11) is 1.73. The summed E-state index contributed by atoms with van der Waals surface area (Å²) in [6, 6.07) is 16.2. The average molecular weight is 556 g/mol. The molecule has 192 valence electrons. The second-order valence-corrected chi connectivity index (χ2v) is 9.94. The Morgan fingerprint density at radius 3 is 2.56 bits per heavy atom. The number of piperazine rings is 1. The summed E-state index contributed by atoms with van der Waals surface area (Å²) in [5.41, 5.74) is 3.45. The molecule has 2 aromatic carbocycles. The summed E-state index contributed by atoms with van der Waals surface area (Å²) >= 11 is 3.56. The molecule has 0 radical (unpaired) electrons. The van der Waals surface area contributed by atoms with Crippen LogP contribution in [-0.2, 0) is 6.54 Å². The first-order chi connectivity index (χ1) is 17.6. The number of methoxy groups -OCH3 is 1. The lowest BCUT2D eigenvalue weighted by Crippen LogP contribution is -2.46. The van der Waals surface area contributed by atoms with E-state index in [1.54, 1.807) is 11.8 Å². The molecule has 1 N–H and O–H groups in total. The zero-order chi connectivity index (χ0) is 25.3. The van der Waals surface area contributed by atoms with E-state index in [1.807, 2.05) is 43.3 Å². The van der Waals surface area contributed by atoms with E-state index < -0.39 is 0 Å². The minimum Gasteiger partial charge on any atom is -0.495 e. The van der Waals surface area contributed by atoms with Crippen molar-refractivity contribution in [2.45, 2.75) is 32.7 Å². The maximum atomic E-state index is 12.6. The number of nitrogens with zero attached hydrogens (tertiary/aromatic N) is 5. The van der Waals surface area contributed by atoms with Crippen molar-refractivity contribution in [3.63, 3.8) is 0 Å². The van der Waals surface area contributed by atoms with E-state index in [2.05, 4.69) is 53.5 Å². The number of nitrogens with one attached hydrogen (secondary N) is 1. The van der Waals surface area contributed by atoms with Gasteiger partial charge in [0.1, 0.15) is 5.75 Å². The van der Waals surface area contributed by atoms with E-state index >= 15 is 0 Å². The first kappa shape index (κ1) is 26.2. The highest BCUT2D eigenvalue weighted by atomic mass is 79.9. The summed E-state index contributed by atoms with van der Waals surface area (Å²) in [5.74, 6) is 0.786. The molecule has 0 aliphatic carbocycles. The summed E-state index contributed by atoms with van der Waals surface area (Å²) < 4.78 is 8.30. The highest BCUT2D eigenvalue weighted by Crippen LogP contribution is 2.28. The van der Waals surface area contributed by atoms with Crippen LogP contribution >= 0.6 is 15.9 Å². The van der Waals surface area contributed by atoms with Crippen molar-refractivity contribution in [2.24, 2.45) is 0 Å². The minimum atomic E-state index is -0.154. The van der Waals surface area contributed by atoms with E-state index in [9.17, 15) is 4.79 Å². The molecule has 36 heavy (non-hydrogen) atoms. The highest BCUT2D eigenvalue weighted by Gasteiger charge is 2.19. The van der Waals surface area contributed by atoms with Crippen LogP contribution in [0.2, 0.25) is 0 Å². The Balaban J connectivity index is 1.13. The largest absolute Gasteiger partial charge is 0.495 e. The van der Waals surface area contributed by atoms with Crippen molar-refractivity contribution in [3.05, 3.63) is 70.0 Å². The van der Waals surface area contributed by atoms with Gasteiger partial charge in [-0.25, -0.2) is 4.68 Å². The Bertz CT molecular complexity index is 1140. The molecule has 1 aliphatic heterocycles. The van der Waals surface area contributed by atoms with Crippen LogP contribution in [0.5, 0.6) is 5.75 Å². The zero-order valence-corrected chi connectivity index (χ0v) is 22.7. The van der Waals surface area contributed by atoms with Gasteiger partial charge in [-0.1, -0.05) is 57.9 Å². The van der Waals surface area contributed by atoms with E-state index in [-0.39, 0.29) is 5.91 Å². The smallest absolute Gasteiger partial charge is 0.273 e. The topological polar surface area (TPSA) is 75.5 Å². The van der Waals surface area contributed by atoms with Gasteiger partial charge in [0, 0.05) is 37.2 Å². The number of amides is 1. The van der Waals surface area contributed by atoms with Crippen molar-refractivity contribution in [2.75, 3.05) is 51.3 Å². The Morgan fingerprint density at radius 2 is 1.78 bits per heavy atom. The Labute approximate surface area is 221 Å². The number of unbranched alkanes of at least 4 members (excludes halogenated alkanes) is 2. The second-order valence-electron chi connectivity index (χ2n) is 9.09. The van der Waals surface area contributed by atoms with Crippen molar-refractivity contribution >= 4 is 27.5 Å². The van der Waals surface area contributed by atoms with Gasteiger partial charge in [0.25, 0.3) is 5.91 Å². The highest BCUT2D eigenvalue weighted by molar-refractivity contribution is 9.10. The van der Waals surface area contributed by atoms with Crippen molar-refractivity contribution in [1.29, 1.82) is 0 Å². The standard InChI is InChI=1S/C27H35BrN6O2/c1-21-26(30-31-34(21)20-22-10-4-5-11-23(22)28)27(35)29-14-8-3-9-15-32-16-18-33(19-17-32)24-12-6-7-13-25(24)36-2/h4-7,10-13H,3,8-9,14-20H2,1-2H3,(H,29,35). The maximum absolute atomic E-state index is 12.6. The molecule has 1 aromatic heterocycles. The Hall–Kier alpha value is -2.91. The minimum absolute atomic E-state index is 0.154. The number of carbonyl (C=O) groups excluding carboxylic acids is 1. The fourth-order valence-electron chi connectivity index (χ4n) is 4.53. The van der Waals surface area contributed by atoms with Crippen LogP contribution < -0.4 is 15.0 Å². The van der Waals surface area contributed by atoms with E-state index in [1.165, 1.54) is 5.69 Å². The fraction of sp³-hybridized carbons (Fsp3) is 0.444. The predicted octanol–water partition coefficient (Wildman–Crippen LogP) is 4.13. The molecule has 1 fully saturated rings. The average Bonchev–Trinajstić information content (AvgIpc) is 3.27. The molecule has 3 aromatic rings. The molecular weight excluding hydrogens is 520 g/mol. The number of anilines is 1. The molecular formula is C27H35BrN6O2. The molecule has 9 heteroatoms. The van der Waals surface area contributed by atoms with Crippen LogP contribution in [-0.4, -0.2) is 72.2 Å². The van der Waals surface area contributed by atoms with Gasteiger partial charge in [-0.15, -0.1) is 5.10 Å². The Kier molecular flexibility index (Phi) is 9.35. The SMILES string of the molecule is COc1ccccc1N1CCN(CCCCCNC(=O)c2nnn(Cc3ccccc3Br)c2C)CC1. The number of benzene rings is 2. The predicted molar refractivity (Wildman–Crippen MR) is 146 cm³/mol. The van der Waals surface area contributed by atoms with Gasteiger partial charge < -0.3 is 15.0 Å². The lowest BCUT2D eigenvalue weighted by atomic mass is 10.2. The molecule has 4 rings (SSSR count). The number of aromatic nitrogens is 3.